The molecule has 34 heavy (non-hydrogen) atoms. The van der Waals surface area contributed by atoms with Crippen LogP contribution in [0.3, 0.4) is 0 Å². The molecule has 1 fully saturated rings. The second-order valence-corrected chi connectivity index (χ2v) is 9.08. The molecule has 0 unspecified atom stereocenters. The first kappa shape index (κ1) is 23.3. The Bertz CT molecular complexity index is 1400. The number of amides is 1. The second kappa shape index (κ2) is 9.95. The lowest BCUT2D eigenvalue weighted by Gasteiger charge is -2.26. The van der Waals surface area contributed by atoms with Crippen molar-refractivity contribution in [2.45, 2.75) is 4.90 Å². The number of benzene rings is 3. The van der Waals surface area contributed by atoms with E-state index < -0.39 is 10.1 Å². The molecule has 0 bridgehead atoms. The van der Waals surface area contributed by atoms with Crippen LogP contribution in [0.5, 0.6) is 11.5 Å². The second-order valence-electron chi connectivity index (χ2n) is 7.53. The van der Waals surface area contributed by atoms with Gasteiger partial charge in [0.15, 0.2) is 11.5 Å². The van der Waals surface area contributed by atoms with Crippen LogP contribution in [-0.4, -0.2) is 52.6 Å². The summed E-state index contributed by atoms with van der Waals surface area (Å²) in [4.78, 5) is 14.2. The van der Waals surface area contributed by atoms with Gasteiger partial charge in [0.05, 0.1) is 20.3 Å². The Morgan fingerprint density at radius 2 is 1.76 bits per heavy atom. The quantitative estimate of drug-likeness (QED) is 0.304. The molecule has 1 amide bonds. The van der Waals surface area contributed by atoms with Crippen molar-refractivity contribution in [1.82, 2.24) is 4.90 Å². The van der Waals surface area contributed by atoms with Crippen LogP contribution in [0.15, 0.2) is 71.1 Å². The van der Waals surface area contributed by atoms with Crippen LogP contribution >= 0.6 is 0 Å². The fourth-order valence-electron chi connectivity index (χ4n) is 3.58. The van der Waals surface area contributed by atoms with E-state index in [2.05, 4.69) is 0 Å². The number of ether oxygens (including phenoxy) is 2. The molecule has 0 aromatic heterocycles. The Morgan fingerprint density at radius 3 is 2.47 bits per heavy atom. The third-order valence-corrected chi connectivity index (χ3v) is 6.59. The van der Waals surface area contributed by atoms with Crippen LogP contribution in [0.25, 0.3) is 16.8 Å². The molecular formula is C25H22N2O6S. The molecule has 1 heterocycles. The van der Waals surface area contributed by atoms with Crippen molar-refractivity contribution in [3.63, 3.8) is 0 Å². The number of hydrogen-bond acceptors (Lipinski definition) is 7. The summed E-state index contributed by atoms with van der Waals surface area (Å²) in [5.74, 6) is -0.246. The van der Waals surface area contributed by atoms with Gasteiger partial charge in [0.1, 0.15) is 16.5 Å². The highest BCUT2D eigenvalue weighted by Gasteiger charge is 2.22. The lowest BCUT2D eigenvalue weighted by atomic mass is 10.1. The number of morpholine rings is 1. The van der Waals surface area contributed by atoms with Gasteiger partial charge in [0.2, 0.25) is 0 Å². The maximum absolute atomic E-state index is 12.9. The fraction of sp³-hybridized carbons (Fsp3) is 0.200. The van der Waals surface area contributed by atoms with Crippen molar-refractivity contribution in [2.75, 3.05) is 33.4 Å². The van der Waals surface area contributed by atoms with E-state index in [-0.39, 0.29) is 27.9 Å². The van der Waals surface area contributed by atoms with E-state index in [0.29, 0.717) is 31.9 Å². The average molecular weight is 479 g/mol. The molecule has 0 spiro atoms. The van der Waals surface area contributed by atoms with Gasteiger partial charge in [0, 0.05) is 13.1 Å². The van der Waals surface area contributed by atoms with Crippen molar-refractivity contribution in [3.8, 4) is 17.6 Å². The molecule has 4 rings (SSSR count). The first-order valence-electron chi connectivity index (χ1n) is 10.5. The molecule has 0 aliphatic carbocycles. The average Bonchev–Trinajstić information content (AvgIpc) is 2.87. The topological polar surface area (TPSA) is 106 Å². The summed E-state index contributed by atoms with van der Waals surface area (Å²) >= 11 is 0. The minimum Gasteiger partial charge on any atom is -0.493 e. The van der Waals surface area contributed by atoms with Crippen LogP contribution in [0.4, 0.5) is 0 Å². The smallest absolute Gasteiger partial charge is 0.339 e. The standard InChI is InChI=1S/C25H22N2O6S/c1-31-24-15-18(14-21(17-26)25(28)27-10-12-32-13-11-27)6-9-23(24)33-34(29,30)22-8-7-19-4-2-3-5-20(19)16-22/h2-9,14-16H,10-13H2,1H3/b21-14+. The molecule has 3 aromatic rings. The SMILES string of the molecule is COc1cc(/C=C(\C#N)C(=O)N2CCOCC2)ccc1OS(=O)(=O)c1ccc2ccccc2c1. The summed E-state index contributed by atoms with van der Waals surface area (Å²) < 4.78 is 41.7. The zero-order valence-corrected chi connectivity index (χ0v) is 19.2. The summed E-state index contributed by atoms with van der Waals surface area (Å²) in [6.45, 7) is 1.69. The molecule has 1 aliphatic rings. The Balaban J connectivity index is 1.59. The summed E-state index contributed by atoms with van der Waals surface area (Å²) in [5, 5.41) is 11.2. The van der Waals surface area contributed by atoms with E-state index in [1.807, 2.05) is 30.3 Å². The summed E-state index contributed by atoms with van der Waals surface area (Å²) in [5.41, 5.74) is 0.451. The number of nitrogens with zero attached hydrogens (tertiary/aromatic N) is 2. The van der Waals surface area contributed by atoms with Crippen LogP contribution in [0.2, 0.25) is 0 Å². The summed E-state index contributed by atoms with van der Waals surface area (Å²) in [6.07, 6.45) is 1.43. The minimum atomic E-state index is -4.13. The molecule has 1 aliphatic heterocycles. The van der Waals surface area contributed by atoms with Gasteiger partial charge in [-0.1, -0.05) is 36.4 Å². The van der Waals surface area contributed by atoms with E-state index in [9.17, 15) is 18.5 Å². The third-order valence-electron chi connectivity index (χ3n) is 5.36. The van der Waals surface area contributed by atoms with Crippen LogP contribution < -0.4 is 8.92 Å². The Labute approximate surface area is 197 Å². The lowest BCUT2D eigenvalue weighted by molar-refractivity contribution is -0.130. The largest absolute Gasteiger partial charge is 0.493 e. The molecule has 8 nitrogen and oxygen atoms in total. The van der Waals surface area contributed by atoms with Crippen molar-refractivity contribution in [1.29, 1.82) is 5.26 Å². The third kappa shape index (κ3) is 5.03. The van der Waals surface area contributed by atoms with Gasteiger partial charge >= 0.3 is 10.1 Å². The molecule has 0 saturated carbocycles. The number of fused-ring (bicyclic) bond motifs is 1. The number of methoxy groups -OCH3 is 1. The fourth-order valence-corrected chi connectivity index (χ4v) is 4.55. The maximum atomic E-state index is 12.9. The van der Waals surface area contributed by atoms with Crippen molar-refractivity contribution in [2.24, 2.45) is 0 Å². The predicted molar refractivity (Wildman–Crippen MR) is 126 cm³/mol. The van der Waals surface area contributed by atoms with Gasteiger partial charge in [-0.2, -0.15) is 13.7 Å². The number of rotatable bonds is 6. The van der Waals surface area contributed by atoms with Crippen molar-refractivity contribution >= 4 is 32.9 Å². The van der Waals surface area contributed by atoms with Crippen molar-refractivity contribution in [3.05, 3.63) is 71.8 Å². The van der Waals surface area contributed by atoms with Gasteiger partial charge in [-0.3, -0.25) is 4.79 Å². The molecule has 3 aromatic carbocycles. The van der Waals surface area contributed by atoms with Crippen LogP contribution in [0, 0.1) is 11.3 Å². The lowest BCUT2D eigenvalue weighted by Crippen LogP contribution is -2.41. The number of hydrogen-bond donors (Lipinski definition) is 0. The highest BCUT2D eigenvalue weighted by molar-refractivity contribution is 7.87. The van der Waals surface area contributed by atoms with E-state index >= 15 is 0 Å². The van der Waals surface area contributed by atoms with Gasteiger partial charge in [-0.25, -0.2) is 0 Å². The maximum Gasteiger partial charge on any atom is 0.339 e. The van der Waals surface area contributed by atoms with E-state index in [1.54, 1.807) is 23.1 Å². The number of carbonyl (C=O) groups is 1. The van der Waals surface area contributed by atoms with Crippen molar-refractivity contribution < 1.29 is 26.9 Å². The summed E-state index contributed by atoms with van der Waals surface area (Å²) in [7, 11) is -2.75. The molecule has 9 heteroatoms. The highest BCUT2D eigenvalue weighted by atomic mass is 32.2. The zero-order chi connectivity index (χ0) is 24.1. The first-order valence-corrected chi connectivity index (χ1v) is 11.9. The summed E-state index contributed by atoms with van der Waals surface area (Å²) in [6, 6.07) is 18.6. The Kier molecular flexibility index (Phi) is 6.82. The molecule has 0 N–H and O–H groups in total. The predicted octanol–water partition coefficient (Wildman–Crippen LogP) is 3.38. The van der Waals surface area contributed by atoms with E-state index in [4.69, 9.17) is 13.7 Å². The minimum absolute atomic E-state index is 0.00850. The molecular weight excluding hydrogens is 456 g/mol. The Morgan fingerprint density at radius 1 is 1.03 bits per heavy atom. The number of nitriles is 1. The van der Waals surface area contributed by atoms with Gasteiger partial charge < -0.3 is 18.6 Å². The molecule has 0 radical (unpaired) electrons. The van der Waals surface area contributed by atoms with Crippen LogP contribution in [0.1, 0.15) is 5.56 Å². The number of carbonyl (C=O) groups excluding carboxylic acids is 1. The van der Waals surface area contributed by atoms with E-state index in [0.717, 1.165) is 10.8 Å². The van der Waals surface area contributed by atoms with Gasteiger partial charge in [0.25, 0.3) is 5.91 Å². The highest BCUT2D eigenvalue weighted by Crippen LogP contribution is 2.32. The molecule has 174 valence electrons. The molecule has 1 saturated heterocycles. The van der Waals surface area contributed by atoms with E-state index in [1.165, 1.54) is 31.4 Å². The van der Waals surface area contributed by atoms with Gasteiger partial charge in [-0.15, -0.1) is 0 Å². The first-order chi connectivity index (χ1) is 16.4. The Hall–Kier alpha value is -3.87. The van der Waals surface area contributed by atoms with Gasteiger partial charge in [-0.05, 0) is 46.7 Å². The van der Waals surface area contributed by atoms with Crippen LogP contribution in [-0.2, 0) is 19.6 Å². The normalized spacial score (nSPS) is 14.5. The monoisotopic (exact) mass is 478 g/mol. The zero-order valence-electron chi connectivity index (χ0n) is 18.4. The molecule has 0 atom stereocenters.